The number of amides is 4. The Balaban J connectivity index is 1.03. The van der Waals surface area contributed by atoms with E-state index in [1.54, 1.807) is 24.3 Å². The van der Waals surface area contributed by atoms with Crippen LogP contribution in [0.25, 0.3) is 0 Å². The summed E-state index contributed by atoms with van der Waals surface area (Å²) in [5, 5.41) is 5.04. The molecule has 0 aromatic heterocycles. The zero-order chi connectivity index (χ0) is 39.1. The third-order valence-electron chi connectivity index (χ3n) is 7.66. The molecule has 4 aromatic rings. The molecule has 0 aliphatic rings. The number of carbonyl (C=O) groups is 4. The van der Waals surface area contributed by atoms with Crippen molar-refractivity contribution in [2.24, 2.45) is 0 Å². The molecule has 0 saturated carbocycles. The second-order valence-corrected chi connectivity index (χ2v) is 15.4. The molecule has 4 rings (SSSR count). The van der Waals surface area contributed by atoms with Crippen LogP contribution in [-0.2, 0) is 39.2 Å². The van der Waals surface area contributed by atoms with E-state index < -0.39 is 43.7 Å². The van der Waals surface area contributed by atoms with Gasteiger partial charge in [-0.2, -0.15) is 0 Å². The van der Waals surface area contributed by atoms with Gasteiger partial charge in [0, 0.05) is 24.5 Å². The van der Waals surface area contributed by atoms with Crippen molar-refractivity contribution in [3.05, 3.63) is 108 Å². The Bertz CT molecular complexity index is 1970. The van der Waals surface area contributed by atoms with Gasteiger partial charge in [0.05, 0.1) is 21.2 Å². The van der Waals surface area contributed by atoms with Gasteiger partial charge in [-0.05, 0) is 99.5 Å². The maximum absolute atomic E-state index is 12.6. The molecule has 8 N–H and O–H groups in total. The van der Waals surface area contributed by atoms with Crippen LogP contribution in [-0.4, -0.2) is 53.6 Å². The van der Waals surface area contributed by atoms with E-state index in [0.29, 0.717) is 48.4 Å². The summed E-state index contributed by atoms with van der Waals surface area (Å²) in [6.45, 7) is 4.22. The van der Waals surface area contributed by atoms with Crippen LogP contribution in [0.3, 0.4) is 0 Å². The molecule has 0 heterocycles. The van der Waals surface area contributed by atoms with Gasteiger partial charge in [-0.15, -0.1) is 0 Å². The molecular formula is C36H42N8O8S2. The Kier molecular flexibility index (Phi) is 14.4. The van der Waals surface area contributed by atoms with Crippen LogP contribution in [0.15, 0.2) is 107 Å². The fourth-order valence-electron chi connectivity index (χ4n) is 4.65. The molecule has 0 saturated heterocycles. The Labute approximate surface area is 313 Å². The maximum atomic E-state index is 12.6. The van der Waals surface area contributed by atoms with E-state index in [-0.39, 0.29) is 22.9 Å². The van der Waals surface area contributed by atoms with Crippen molar-refractivity contribution < 1.29 is 36.0 Å². The Morgan fingerprint density at radius 2 is 0.741 bits per heavy atom. The molecular weight excluding hydrogens is 737 g/mol. The van der Waals surface area contributed by atoms with Gasteiger partial charge in [0.1, 0.15) is 0 Å². The van der Waals surface area contributed by atoms with E-state index in [0.717, 1.165) is 11.1 Å². The van der Waals surface area contributed by atoms with E-state index in [9.17, 15) is 36.0 Å². The van der Waals surface area contributed by atoms with Crippen LogP contribution < -0.4 is 41.8 Å². The number of nitrogens with one attached hydrogen (secondary N) is 8. The first-order chi connectivity index (χ1) is 25.7. The summed E-state index contributed by atoms with van der Waals surface area (Å²) in [5.74, 6) is -3.49. The highest BCUT2D eigenvalue weighted by atomic mass is 32.2. The van der Waals surface area contributed by atoms with Crippen molar-refractivity contribution in [1.29, 1.82) is 0 Å². The molecule has 0 bridgehead atoms. The molecule has 0 aliphatic carbocycles. The van der Waals surface area contributed by atoms with Gasteiger partial charge < -0.3 is 10.6 Å². The predicted octanol–water partition coefficient (Wildman–Crippen LogP) is 3.28. The number of sulfonamides is 2. The van der Waals surface area contributed by atoms with Gasteiger partial charge in [-0.1, -0.05) is 48.2 Å². The van der Waals surface area contributed by atoms with E-state index >= 15 is 0 Å². The van der Waals surface area contributed by atoms with E-state index in [1.807, 2.05) is 13.8 Å². The molecule has 0 fully saturated rings. The summed E-state index contributed by atoms with van der Waals surface area (Å²) < 4.78 is 55.2. The van der Waals surface area contributed by atoms with Crippen LogP contribution in [0.4, 0.5) is 22.7 Å². The average molecular weight is 779 g/mol. The van der Waals surface area contributed by atoms with Crippen molar-refractivity contribution in [2.45, 2.75) is 49.3 Å². The van der Waals surface area contributed by atoms with Crippen molar-refractivity contribution in [3.8, 4) is 0 Å². The van der Waals surface area contributed by atoms with Gasteiger partial charge in [0.15, 0.2) is 0 Å². The van der Waals surface area contributed by atoms with Crippen LogP contribution >= 0.6 is 0 Å². The Morgan fingerprint density at radius 3 is 1.07 bits per heavy atom. The zero-order valence-corrected chi connectivity index (χ0v) is 31.2. The number of aryl methyl sites for hydroxylation is 2. The first-order valence-corrected chi connectivity index (χ1v) is 19.8. The van der Waals surface area contributed by atoms with Gasteiger partial charge in [-0.25, -0.2) is 16.8 Å². The average Bonchev–Trinajstić information content (AvgIpc) is 3.15. The number of hydrazine groups is 2. The number of hydrogen-bond donors (Lipinski definition) is 8. The van der Waals surface area contributed by atoms with Crippen LogP contribution in [0.2, 0.25) is 0 Å². The Hall–Kier alpha value is -6.14. The molecule has 0 atom stereocenters. The largest absolute Gasteiger partial charge is 0.348 e. The molecule has 0 unspecified atom stereocenters. The van der Waals surface area contributed by atoms with Crippen molar-refractivity contribution in [1.82, 2.24) is 21.5 Å². The topological polar surface area (TPSA) is 233 Å². The lowest BCUT2D eigenvalue weighted by atomic mass is 10.2. The highest BCUT2D eigenvalue weighted by Gasteiger charge is 2.16. The predicted molar refractivity (Wildman–Crippen MR) is 205 cm³/mol. The minimum absolute atomic E-state index is 0.127. The molecule has 54 heavy (non-hydrogen) atoms. The first kappa shape index (κ1) is 40.6. The summed E-state index contributed by atoms with van der Waals surface area (Å²) in [6.07, 6.45) is 2.55. The number of rotatable bonds is 17. The quantitative estimate of drug-likeness (QED) is 0.0443. The standard InChI is InChI=1S/C36H42N8O8S2/c1-25-7-19-31(20-8-25)53(49,50)43-29-15-11-27(12-16-29)39-41-35(47)33(45)37-23-5-3-4-6-24-38-34(46)36(48)42-40-28-13-17-30(18-14-28)44-54(51,52)32-21-9-26(2)10-22-32/h7-22,39-40,43-44H,3-6,23-24H2,1-2H3,(H,37,45)(H,38,46)(H,41,47)(H,42,48). The summed E-state index contributed by atoms with van der Waals surface area (Å²) in [6, 6.07) is 25.0. The smallest absolute Gasteiger partial charge is 0.327 e. The molecule has 18 heteroatoms. The fourth-order valence-corrected chi connectivity index (χ4v) is 6.76. The van der Waals surface area contributed by atoms with Crippen molar-refractivity contribution in [2.75, 3.05) is 33.4 Å². The zero-order valence-electron chi connectivity index (χ0n) is 29.6. The minimum Gasteiger partial charge on any atom is -0.348 e. The summed E-state index contributed by atoms with van der Waals surface area (Å²) in [4.78, 5) is 48.8. The van der Waals surface area contributed by atoms with Crippen molar-refractivity contribution >= 4 is 66.4 Å². The SMILES string of the molecule is Cc1ccc(S(=O)(=O)Nc2ccc(NNC(=O)C(=O)NCCCCCCNC(=O)C(=O)NNc3ccc(NS(=O)(=O)c4ccc(C)cc4)cc3)cc2)cc1. The minimum atomic E-state index is -3.76. The number of benzene rings is 4. The van der Waals surface area contributed by atoms with Gasteiger partial charge in [-0.3, -0.25) is 50.3 Å². The van der Waals surface area contributed by atoms with Crippen LogP contribution in [0.5, 0.6) is 0 Å². The highest BCUT2D eigenvalue weighted by molar-refractivity contribution is 7.93. The molecule has 4 aromatic carbocycles. The second kappa shape index (κ2) is 19.1. The van der Waals surface area contributed by atoms with Gasteiger partial charge >= 0.3 is 23.6 Å². The van der Waals surface area contributed by atoms with E-state index in [1.165, 1.54) is 72.8 Å². The lowest BCUT2D eigenvalue weighted by molar-refractivity contribution is -0.138. The lowest BCUT2D eigenvalue weighted by Gasteiger charge is -2.11. The Morgan fingerprint density at radius 1 is 0.426 bits per heavy atom. The van der Waals surface area contributed by atoms with Crippen LogP contribution in [0, 0.1) is 13.8 Å². The summed E-state index contributed by atoms with van der Waals surface area (Å²) in [7, 11) is -7.53. The van der Waals surface area contributed by atoms with Crippen LogP contribution in [0.1, 0.15) is 36.8 Å². The van der Waals surface area contributed by atoms with Crippen molar-refractivity contribution in [3.63, 3.8) is 0 Å². The lowest BCUT2D eigenvalue weighted by Crippen LogP contribution is -2.42. The molecule has 16 nitrogen and oxygen atoms in total. The summed E-state index contributed by atoms with van der Waals surface area (Å²) >= 11 is 0. The van der Waals surface area contributed by atoms with E-state index in [2.05, 4.69) is 41.8 Å². The molecule has 0 spiro atoms. The third kappa shape index (κ3) is 12.8. The third-order valence-corrected chi connectivity index (χ3v) is 10.5. The fraction of sp³-hybridized carbons (Fsp3) is 0.222. The second-order valence-electron chi connectivity index (χ2n) is 12.1. The summed E-state index contributed by atoms with van der Waals surface area (Å²) in [5.41, 5.74) is 13.1. The number of unbranched alkanes of at least 4 members (excludes halogenated alkanes) is 3. The first-order valence-electron chi connectivity index (χ1n) is 16.8. The van der Waals surface area contributed by atoms with Gasteiger partial charge in [0.2, 0.25) is 0 Å². The molecule has 4 amide bonds. The monoisotopic (exact) mass is 778 g/mol. The highest BCUT2D eigenvalue weighted by Crippen LogP contribution is 2.20. The molecule has 0 radical (unpaired) electrons. The maximum Gasteiger partial charge on any atom is 0.327 e. The number of hydrogen-bond acceptors (Lipinski definition) is 10. The molecule has 0 aliphatic heterocycles. The molecule has 286 valence electrons. The number of anilines is 4. The van der Waals surface area contributed by atoms with E-state index in [4.69, 9.17) is 0 Å². The normalized spacial score (nSPS) is 11.1. The van der Waals surface area contributed by atoms with Gasteiger partial charge in [0.25, 0.3) is 20.0 Å². The number of carbonyl (C=O) groups excluding carboxylic acids is 4.